The van der Waals surface area contributed by atoms with Gasteiger partial charge in [0, 0.05) is 17.8 Å². The summed E-state index contributed by atoms with van der Waals surface area (Å²) in [6.07, 6.45) is -0.268. The van der Waals surface area contributed by atoms with Gasteiger partial charge in [0.05, 0.1) is 11.4 Å². The molecule has 0 fully saturated rings. The summed E-state index contributed by atoms with van der Waals surface area (Å²) in [6, 6.07) is 12.1. The summed E-state index contributed by atoms with van der Waals surface area (Å²) in [5, 5.41) is 9.60. The number of carbonyl (C=O) groups excluding carboxylic acids is 3. The molecule has 0 saturated heterocycles. The molecule has 0 bridgehead atoms. The van der Waals surface area contributed by atoms with Crippen molar-refractivity contribution in [2.75, 3.05) is 13.2 Å². The molecule has 1 aromatic carbocycles. The van der Waals surface area contributed by atoms with E-state index >= 15 is 0 Å². The van der Waals surface area contributed by atoms with E-state index in [0.29, 0.717) is 17.8 Å². The number of esters is 1. The number of thiophene rings is 1. The number of imide groups is 1. The van der Waals surface area contributed by atoms with Crippen LogP contribution >= 0.6 is 11.3 Å². The van der Waals surface area contributed by atoms with E-state index in [2.05, 4.69) is 5.10 Å². The molecular weight excluding hydrogens is 473 g/mol. The number of benzene rings is 1. The first-order valence-electron chi connectivity index (χ1n) is 9.84. The Kier molecular flexibility index (Phi) is 8.19. The summed E-state index contributed by atoms with van der Waals surface area (Å²) in [5.74, 6) is -1.95. The van der Waals surface area contributed by atoms with E-state index < -0.39 is 37.2 Å². The Morgan fingerprint density at radius 2 is 1.88 bits per heavy atom. The molecule has 0 aliphatic carbocycles. The van der Waals surface area contributed by atoms with Gasteiger partial charge in [-0.2, -0.15) is 18.3 Å². The van der Waals surface area contributed by atoms with Crippen LogP contribution in [0, 0.1) is 0 Å². The van der Waals surface area contributed by atoms with E-state index in [1.807, 2.05) is 47.8 Å². The summed E-state index contributed by atoms with van der Waals surface area (Å²) >= 11 is 1.48. The summed E-state index contributed by atoms with van der Waals surface area (Å²) in [4.78, 5) is 35.7. The van der Waals surface area contributed by atoms with Crippen molar-refractivity contribution in [1.29, 1.82) is 0 Å². The molecule has 0 atom stereocenters. The molecule has 2 aromatic heterocycles. The number of urea groups is 1. The Bertz CT molecular complexity index is 1160. The zero-order valence-electron chi connectivity index (χ0n) is 17.5. The minimum absolute atomic E-state index is 0.522. The number of nitrogens with one attached hydrogen (secondary N) is 2. The molecule has 3 amide bonds. The fourth-order valence-corrected chi connectivity index (χ4v) is 3.48. The average molecular weight is 492 g/mol. The summed E-state index contributed by atoms with van der Waals surface area (Å²) < 4.78 is 42.6. The minimum atomic E-state index is -4.62. The van der Waals surface area contributed by atoms with Crippen molar-refractivity contribution in [3.8, 4) is 10.6 Å². The number of carbonyl (C=O) groups is 3. The average Bonchev–Trinajstić information content (AvgIpc) is 3.45. The predicted octanol–water partition coefficient (Wildman–Crippen LogP) is 3.60. The molecule has 0 aliphatic heterocycles. The fraction of sp³-hybridized carbons (Fsp3) is 0.182. The van der Waals surface area contributed by atoms with E-state index in [-0.39, 0.29) is 0 Å². The van der Waals surface area contributed by atoms with Crippen LogP contribution in [0.25, 0.3) is 16.6 Å². The second-order valence-corrected chi connectivity index (χ2v) is 7.83. The third-order valence-electron chi connectivity index (χ3n) is 4.18. The normalized spacial score (nSPS) is 11.4. The van der Waals surface area contributed by atoms with Gasteiger partial charge in [0.2, 0.25) is 0 Å². The fourth-order valence-electron chi connectivity index (χ4n) is 2.75. The summed E-state index contributed by atoms with van der Waals surface area (Å²) in [7, 11) is 0. The Balaban J connectivity index is 1.59. The highest BCUT2D eigenvalue weighted by Gasteiger charge is 2.28. The van der Waals surface area contributed by atoms with Crippen molar-refractivity contribution in [3.05, 3.63) is 71.2 Å². The van der Waals surface area contributed by atoms with Crippen molar-refractivity contribution < 1.29 is 32.3 Å². The third-order valence-corrected chi connectivity index (χ3v) is 5.06. The van der Waals surface area contributed by atoms with Gasteiger partial charge in [0.1, 0.15) is 12.2 Å². The maximum atomic E-state index is 12.1. The molecule has 2 heterocycles. The smallest absolute Gasteiger partial charge is 0.405 e. The van der Waals surface area contributed by atoms with Gasteiger partial charge in [-0.05, 0) is 23.1 Å². The van der Waals surface area contributed by atoms with Gasteiger partial charge in [0.25, 0.3) is 5.91 Å². The predicted molar refractivity (Wildman–Crippen MR) is 119 cm³/mol. The number of nitrogens with zero attached hydrogens (tertiary/aromatic N) is 2. The largest absolute Gasteiger partial charge is 0.452 e. The molecule has 8 nitrogen and oxygen atoms in total. The maximum absolute atomic E-state index is 12.1. The van der Waals surface area contributed by atoms with E-state index in [9.17, 15) is 27.6 Å². The number of hydrogen-bond acceptors (Lipinski definition) is 6. The minimum Gasteiger partial charge on any atom is -0.452 e. The quantitative estimate of drug-likeness (QED) is 0.370. The number of amides is 3. The topological polar surface area (TPSA) is 102 Å². The van der Waals surface area contributed by atoms with Gasteiger partial charge in [-0.3, -0.25) is 14.8 Å². The van der Waals surface area contributed by atoms with Crippen molar-refractivity contribution in [1.82, 2.24) is 20.4 Å². The van der Waals surface area contributed by atoms with Gasteiger partial charge < -0.3 is 10.1 Å². The highest BCUT2D eigenvalue weighted by Crippen LogP contribution is 2.27. The van der Waals surface area contributed by atoms with Crippen LogP contribution in [0.3, 0.4) is 0 Å². The van der Waals surface area contributed by atoms with Crippen LogP contribution in [0.5, 0.6) is 0 Å². The Morgan fingerprint density at radius 1 is 1.12 bits per heavy atom. The van der Waals surface area contributed by atoms with E-state index in [0.717, 1.165) is 16.5 Å². The SMILES string of the molecule is O=C(COC(=O)/C=C/c1cn(Cc2ccccc2)nc1-c1cccs1)NC(=O)NCC(F)(F)F. The number of alkyl halides is 3. The summed E-state index contributed by atoms with van der Waals surface area (Å²) in [5.41, 5.74) is 2.35. The van der Waals surface area contributed by atoms with Crippen LogP contribution in [-0.4, -0.2) is 47.0 Å². The highest BCUT2D eigenvalue weighted by atomic mass is 32.1. The Labute approximate surface area is 196 Å². The first-order chi connectivity index (χ1) is 16.2. The molecule has 0 spiro atoms. The molecule has 34 heavy (non-hydrogen) atoms. The van der Waals surface area contributed by atoms with Gasteiger partial charge in [0.15, 0.2) is 6.61 Å². The van der Waals surface area contributed by atoms with Gasteiger partial charge in [-0.25, -0.2) is 9.59 Å². The van der Waals surface area contributed by atoms with Crippen LogP contribution in [0.4, 0.5) is 18.0 Å². The lowest BCUT2D eigenvalue weighted by molar-refractivity contribution is -0.143. The van der Waals surface area contributed by atoms with Crippen LogP contribution in [-0.2, 0) is 20.9 Å². The molecule has 0 aliphatic rings. The Hall–Kier alpha value is -3.93. The molecule has 0 unspecified atom stereocenters. The number of ether oxygens (including phenoxy) is 1. The van der Waals surface area contributed by atoms with Gasteiger partial charge in [-0.15, -0.1) is 11.3 Å². The highest BCUT2D eigenvalue weighted by molar-refractivity contribution is 7.13. The molecular formula is C22H19F3N4O4S. The maximum Gasteiger partial charge on any atom is 0.405 e. The van der Waals surface area contributed by atoms with Crippen molar-refractivity contribution in [3.63, 3.8) is 0 Å². The van der Waals surface area contributed by atoms with Crippen LogP contribution in [0.2, 0.25) is 0 Å². The number of halogens is 3. The molecule has 2 N–H and O–H groups in total. The van der Waals surface area contributed by atoms with Crippen LogP contribution in [0.15, 0.2) is 60.1 Å². The van der Waals surface area contributed by atoms with Gasteiger partial charge >= 0.3 is 18.2 Å². The van der Waals surface area contributed by atoms with E-state index in [1.54, 1.807) is 16.2 Å². The molecule has 0 radical (unpaired) electrons. The number of aromatic nitrogens is 2. The van der Waals surface area contributed by atoms with E-state index in [4.69, 9.17) is 4.74 Å². The molecule has 3 rings (SSSR count). The zero-order valence-corrected chi connectivity index (χ0v) is 18.4. The molecule has 12 heteroatoms. The molecule has 0 saturated carbocycles. The third kappa shape index (κ3) is 7.89. The first kappa shape index (κ1) is 24.7. The molecule has 3 aromatic rings. The summed E-state index contributed by atoms with van der Waals surface area (Å²) in [6.45, 7) is -1.92. The zero-order chi connectivity index (χ0) is 24.6. The standard InChI is InChI=1S/C22H19F3N4O4S/c23-22(24,25)14-26-21(32)27-18(30)13-33-19(31)9-8-16-12-29(11-15-5-2-1-3-6-15)28-20(16)17-7-4-10-34-17/h1-10,12H,11,13-14H2,(H2,26,27,30,32)/b9-8+. The molecule has 178 valence electrons. The van der Waals surface area contributed by atoms with Gasteiger partial charge in [-0.1, -0.05) is 36.4 Å². The number of hydrogen-bond donors (Lipinski definition) is 2. The van der Waals surface area contributed by atoms with Crippen LogP contribution in [0.1, 0.15) is 11.1 Å². The van der Waals surface area contributed by atoms with Crippen molar-refractivity contribution >= 4 is 35.3 Å². The van der Waals surface area contributed by atoms with Crippen LogP contribution < -0.4 is 10.6 Å². The lowest BCUT2D eigenvalue weighted by atomic mass is 10.2. The lowest BCUT2D eigenvalue weighted by Gasteiger charge is -2.08. The first-order valence-corrected chi connectivity index (χ1v) is 10.7. The second-order valence-electron chi connectivity index (χ2n) is 6.88. The number of rotatable bonds is 8. The second kappa shape index (κ2) is 11.3. The lowest BCUT2D eigenvalue weighted by Crippen LogP contribution is -2.44. The monoisotopic (exact) mass is 492 g/mol. The van der Waals surface area contributed by atoms with E-state index in [1.165, 1.54) is 22.7 Å². The Morgan fingerprint density at radius 3 is 2.56 bits per heavy atom. The van der Waals surface area contributed by atoms with Crippen molar-refractivity contribution in [2.24, 2.45) is 0 Å². The van der Waals surface area contributed by atoms with Crippen molar-refractivity contribution in [2.45, 2.75) is 12.7 Å².